The molecule has 0 bridgehead atoms. The monoisotopic (exact) mass is 1620 g/mol. The fraction of sp³-hybridized carbons (Fsp3) is 0.136. The van der Waals surface area contributed by atoms with Crippen molar-refractivity contribution in [3.05, 3.63) is 374 Å². The molecule has 7 nitrogen and oxygen atoms in total. The van der Waals surface area contributed by atoms with E-state index in [-0.39, 0.29) is 21.7 Å². The van der Waals surface area contributed by atoms with E-state index in [1.165, 1.54) is 54.6 Å². The Kier molecular flexibility index (Phi) is 16.4. The quantitative estimate of drug-likeness (QED) is 0.161. The van der Waals surface area contributed by atoms with Gasteiger partial charge in [0.15, 0.2) is 0 Å². The number of rotatable bonds is 5. The number of aromatic nitrogens is 3. The summed E-state index contributed by atoms with van der Waals surface area (Å²) < 4.78 is 23.3. The highest BCUT2D eigenvalue weighted by atomic mass is 16.5. The van der Waals surface area contributed by atoms with Crippen molar-refractivity contribution in [1.82, 2.24) is 13.7 Å². The number of nitrogens with zero attached hydrogens (tertiary/aromatic N) is 5. The molecular weight excluding hydrogens is 1530 g/mol. The van der Waals surface area contributed by atoms with Gasteiger partial charge in [-0.15, -0.1) is 0 Å². The van der Waals surface area contributed by atoms with Gasteiger partial charge in [-0.25, -0.2) is 0 Å². The maximum atomic E-state index is 7.78. The van der Waals surface area contributed by atoms with Gasteiger partial charge in [0.05, 0.1) is 50.2 Å². The molecule has 24 rings (SSSR count). The zero-order chi connectivity index (χ0) is 85.3. The second-order valence-electron chi connectivity index (χ2n) is 39.2. The number of anilines is 6. The highest BCUT2D eigenvalue weighted by Crippen LogP contribution is 2.59. The Balaban J connectivity index is 0.938. The number of hydrogen-bond donors (Lipinski definition) is 0. The maximum absolute atomic E-state index is 7.78. The summed E-state index contributed by atoms with van der Waals surface area (Å²) in [4.78, 5) is 5.42. The maximum Gasteiger partial charge on any atom is 0.252 e. The van der Waals surface area contributed by atoms with Gasteiger partial charge in [-0.3, -0.25) is 0 Å². The highest BCUT2D eigenvalue weighted by molar-refractivity contribution is 7.00. The van der Waals surface area contributed by atoms with E-state index in [9.17, 15) is 0 Å². The number of fused-ring (bicyclic) bond motifs is 25. The molecule has 126 heavy (non-hydrogen) atoms. The van der Waals surface area contributed by atoms with Crippen LogP contribution in [0.5, 0.6) is 23.0 Å². The first kappa shape index (κ1) is 75.2. The second kappa shape index (κ2) is 27.5. The van der Waals surface area contributed by atoms with E-state index in [1.807, 2.05) is 0 Å². The van der Waals surface area contributed by atoms with Crippen LogP contribution in [-0.2, 0) is 21.7 Å². The van der Waals surface area contributed by atoms with E-state index in [2.05, 4.69) is 458 Å². The standard InChI is InChI=1S/C118H94BN5O2/c1-115(2,3)75-49-55-100-90(61-75)91-62-76(116(4,5)6)50-56-101(91)120(100)79-65-94-86-39-23-29-45-110(86)125-108-43-27-21-37-84(108)88-59-73(71-31-15-13-16-32-71)47-53-104(88)123-106-69-81(122-98-41-25-19-35-82(98)83-36-20-26-42-99(83)122)70-107-112(106)119(96(67-79)113(94)123)97-68-80(121-102-57-51-77(117(7,8)9)63-92(102)93-64-78(118(10,11)12)52-58-103(93)121)66-95-87-40-24-30-46-111(87)126-109-44-28-22-38-85(109)89-60-74(72-33-17-14-18-34-72)48-54-105(89)124(107)114(95)97/h13-70H,1-12H3. The minimum absolute atomic E-state index is 0.131. The molecule has 0 amide bonds. The van der Waals surface area contributed by atoms with Crippen molar-refractivity contribution in [2.75, 3.05) is 9.80 Å². The molecule has 4 aliphatic rings. The minimum atomic E-state index is -0.524. The van der Waals surface area contributed by atoms with Gasteiger partial charge in [-0.05, 0) is 228 Å². The third-order valence-electron chi connectivity index (χ3n) is 27.4. The molecule has 7 heterocycles. The van der Waals surface area contributed by atoms with Crippen LogP contribution in [0.1, 0.15) is 105 Å². The second-order valence-corrected chi connectivity index (χ2v) is 39.2. The molecule has 0 spiro atoms. The molecule has 0 saturated carbocycles. The van der Waals surface area contributed by atoms with Crippen LogP contribution in [0, 0.1) is 0 Å². The molecule has 0 fully saturated rings. The Hall–Kier alpha value is -14.6. The SMILES string of the molecule is CC(C)(C)c1ccc2c(c1)c1cc(C(C)(C)C)ccc1n2-c1cc2c3c(c1)-c1ccccc1Oc1ccccc1-c1cc(-c4ccccc4)ccc1N3c1cc(-n3c4ccccc4c4ccccc43)cc3c1B2c1cc(-n2c4ccc(C(C)(C)C)cc4c4cc(C(C)(C)C)ccc42)cc2c1N3c1ccc(-c3ccccc3)cc1-c1ccccc1Oc1ccccc1-2. The summed E-state index contributed by atoms with van der Waals surface area (Å²) in [6, 6.07) is 134. The van der Waals surface area contributed by atoms with Crippen molar-refractivity contribution < 1.29 is 9.47 Å². The normalized spacial score (nSPS) is 13.3. The molecule has 0 unspecified atom stereocenters. The third-order valence-corrected chi connectivity index (χ3v) is 27.4. The smallest absolute Gasteiger partial charge is 0.252 e. The van der Waals surface area contributed by atoms with Gasteiger partial charge >= 0.3 is 0 Å². The fourth-order valence-corrected chi connectivity index (χ4v) is 21.0. The summed E-state index contributed by atoms with van der Waals surface area (Å²) in [5.41, 5.74) is 36.4. The molecule has 4 aliphatic heterocycles. The Morgan fingerprint density at radius 1 is 0.214 bits per heavy atom. The van der Waals surface area contributed by atoms with Crippen LogP contribution in [-0.4, -0.2) is 20.4 Å². The number of ether oxygens (including phenoxy) is 2. The predicted octanol–water partition coefficient (Wildman–Crippen LogP) is 30.5. The lowest BCUT2D eigenvalue weighted by Crippen LogP contribution is -2.62. The summed E-state index contributed by atoms with van der Waals surface area (Å²) in [6.07, 6.45) is 0. The fourth-order valence-electron chi connectivity index (χ4n) is 21.0. The van der Waals surface area contributed by atoms with E-state index in [0.29, 0.717) is 0 Å². The van der Waals surface area contributed by atoms with Crippen LogP contribution in [0.25, 0.3) is 149 Å². The summed E-state index contributed by atoms with van der Waals surface area (Å²) in [5.74, 6) is 3.01. The van der Waals surface area contributed by atoms with Gasteiger partial charge in [0.2, 0.25) is 0 Å². The highest BCUT2D eigenvalue weighted by Gasteiger charge is 2.49. The summed E-state index contributed by atoms with van der Waals surface area (Å²) >= 11 is 0. The molecule has 0 saturated heterocycles. The molecule has 0 aliphatic carbocycles. The minimum Gasteiger partial charge on any atom is -0.456 e. The zero-order valence-electron chi connectivity index (χ0n) is 73.1. The van der Waals surface area contributed by atoms with Gasteiger partial charge in [-0.2, -0.15) is 0 Å². The van der Waals surface area contributed by atoms with E-state index in [4.69, 9.17) is 9.47 Å². The van der Waals surface area contributed by atoms with Crippen LogP contribution < -0.4 is 35.7 Å². The van der Waals surface area contributed by atoms with E-state index < -0.39 is 6.71 Å². The first-order valence-electron chi connectivity index (χ1n) is 44.5. The Labute approximate surface area is 736 Å². The van der Waals surface area contributed by atoms with Gasteiger partial charge in [0, 0.05) is 111 Å². The van der Waals surface area contributed by atoms with Crippen LogP contribution >= 0.6 is 0 Å². The van der Waals surface area contributed by atoms with Crippen LogP contribution in [0.4, 0.5) is 34.1 Å². The average Bonchev–Trinajstić information content (AvgIpc) is 0.989. The largest absolute Gasteiger partial charge is 0.456 e. The molecule has 0 N–H and O–H groups in total. The first-order chi connectivity index (χ1) is 61.0. The molecule has 17 aromatic carbocycles. The zero-order valence-corrected chi connectivity index (χ0v) is 73.1. The predicted molar refractivity (Wildman–Crippen MR) is 531 cm³/mol. The number of hydrogen-bond acceptors (Lipinski definition) is 4. The van der Waals surface area contributed by atoms with Gasteiger partial charge < -0.3 is 33.0 Å². The Morgan fingerprint density at radius 3 is 0.849 bits per heavy atom. The summed E-state index contributed by atoms with van der Waals surface area (Å²) in [7, 11) is 0. The van der Waals surface area contributed by atoms with E-state index in [1.54, 1.807) is 0 Å². The summed E-state index contributed by atoms with van der Waals surface area (Å²) in [5, 5.41) is 7.22. The topological polar surface area (TPSA) is 39.7 Å². The summed E-state index contributed by atoms with van der Waals surface area (Å²) in [6.45, 7) is 27.5. The van der Waals surface area contributed by atoms with Crippen LogP contribution in [0.2, 0.25) is 0 Å². The lowest BCUT2D eigenvalue weighted by atomic mass is 9.33. The lowest BCUT2D eigenvalue weighted by Gasteiger charge is -2.47. The van der Waals surface area contributed by atoms with Gasteiger partial charge in [0.25, 0.3) is 6.71 Å². The number of benzene rings is 17. The molecule has 20 aromatic rings. The Bertz CT molecular complexity index is 7420. The van der Waals surface area contributed by atoms with Crippen molar-refractivity contribution in [3.63, 3.8) is 0 Å². The molecule has 0 radical (unpaired) electrons. The van der Waals surface area contributed by atoms with Crippen molar-refractivity contribution >= 4 is 123 Å². The number of para-hydroxylation sites is 6. The molecule has 0 atom stereocenters. The van der Waals surface area contributed by atoms with Crippen molar-refractivity contribution in [3.8, 4) is 107 Å². The van der Waals surface area contributed by atoms with E-state index >= 15 is 0 Å². The van der Waals surface area contributed by atoms with Crippen molar-refractivity contribution in [2.24, 2.45) is 0 Å². The molecule has 606 valence electrons. The molecule has 8 heteroatoms. The van der Waals surface area contributed by atoms with Crippen LogP contribution in [0.3, 0.4) is 0 Å². The molecule has 3 aromatic heterocycles. The molecular formula is C118H94BN5O2. The lowest BCUT2D eigenvalue weighted by molar-refractivity contribution is 0.486. The van der Waals surface area contributed by atoms with Gasteiger partial charge in [0.1, 0.15) is 23.0 Å². The average molecular weight is 1620 g/mol. The van der Waals surface area contributed by atoms with Gasteiger partial charge in [-0.1, -0.05) is 289 Å². The van der Waals surface area contributed by atoms with Crippen molar-refractivity contribution in [1.29, 1.82) is 0 Å². The van der Waals surface area contributed by atoms with E-state index in [0.717, 1.165) is 190 Å². The third kappa shape index (κ3) is 11.6. The van der Waals surface area contributed by atoms with Crippen LogP contribution in [0.15, 0.2) is 352 Å². The van der Waals surface area contributed by atoms with Crippen molar-refractivity contribution in [2.45, 2.75) is 105 Å². The Morgan fingerprint density at radius 2 is 0.508 bits per heavy atom. The first-order valence-corrected chi connectivity index (χ1v) is 44.5.